The number of amides is 2. The van der Waals surface area contributed by atoms with Gasteiger partial charge in [-0.1, -0.05) is 86.6 Å². The lowest BCUT2D eigenvalue weighted by atomic mass is 9.88. The maximum atomic E-state index is 13.9. The summed E-state index contributed by atoms with van der Waals surface area (Å²) in [4.78, 5) is 25.4. The standard InChI is InChI=1S/C27H29FN2O2/c1-19(2)25(30-26(31)23-15-9-10-16-24(23)28)27(32)29-18-17-22(20-11-5-3-6-12-20)21-13-7-4-8-14-21/h3-16,19,22,25H,17-18H2,1-2H3,(H,29,32)(H,30,31)/t25-/m0/s1. The van der Waals surface area contributed by atoms with Crippen molar-refractivity contribution in [3.05, 3.63) is 107 Å². The Bertz CT molecular complexity index is 983. The van der Waals surface area contributed by atoms with Gasteiger partial charge in [-0.3, -0.25) is 9.59 Å². The van der Waals surface area contributed by atoms with Gasteiger partial charge in [0, 0.05) is 12.5 Å². The molecule has 0 spiro atoms. The van der Waals surface area contributed by atoms with Gasteiger partial charge in [-0.25, -0.2) is 4.39 Å². The highest BCUT2D eigenvalue weighted by atomic mass is 19.1. The van der Waals surface area contributed by atoms with Gasteiger partial charge in [0.1, 0.15) is 11.9 Å². The van der Waals surface area contributed by atoms with Crippen LogP contribution in [0.3, 0.4) is 0 Å². The fourth-order valence-electron chi connectivity index (χ4n) is 3.75. The van der Waals surface area contributed by atoms with Gasteiger partial charge in [-0.2, -0.15) is 0 Å². The van der Waals surface area contributed by atoms with Crippen LogP contribution in [0, 0.1) is 11.7 Å². The summed E-state index contributed by atoms with van der Waals surface area (Å²) in [7, 11) is 0. The molecule has 0 heterocycles. The second kappa shape index (κ2) is 11.2. The van der Waals surface area contributed by atoms with Crippen LogP contribution in [0.25, 0.3) is 0 Å². The van der Waals surface area contributed by atoms with Crippen LogP contribution in [0.2, 0.25) is 0 Å². The van der Waals surface area contributed by atoms with E-state index in [1.165, 1.54) is 29.3 Å². The van der Waals surface area contributed by atoms with E-state index < -0.39 is 17.8 Å². The Labute approximate surface area is 188 Å². The van der Waals surface area contributed by atoms with Crippen molar-refractivity contribution < 1.29 is 14.0 Å². The summed E-state index contributed by atoms with van der Waals surface area (Å²) in [5, 5.41) is 5.64. The van der Waals surface area contributed by atoms with Crippen molar-refractivity contribution in [3.63, 3.8) is 0 Å². The number of carbonyl (C=O) groups excluding carboxylic acids is 2. The van der Waals surface area contributed by atoms with Gasteiger partial charge >= 0.3 is 0 Å². The molecule has 3 rings (SSSR count). The minimum Gasteiger partial charge on any atom is -0.354 e. The van der Waals surface area contributed by atoms with E-state index in [-0.39, 0.29) is 23.3 Å². The van der Waals surface area contributed by atoms with E-state index in [4.69, 9.17) is 0 Å². The van der Waals surface area contributed by atoms with Gasteiger partial charge in [-0.05, 0) is 35.6 Å². The molecule has 0 bridgehead atoms. The van der Waals surface area contributed by atoms with Gasteiger partial charge in [0.25, 0.3) is 5.91 Å². The topological polar surface area (TPSA) is 58.2 Å². The van der Waals surface area contributed by atoms with E-state index in [1.807, 2.05) is 50.2 Å². The normalized spacial score (nSPS) is 11.9. The lowest BCUT2D eigenvalue weighted by Gasteiger charge is -2.23. The number of nitrogens with one attached hydrogen (secondary N) is 2. The first-order valence-corrected chi connectivity index (χ1v) is 10.9. The zero-order valence-electron chi connectivity index (χ0n) is 18.4. The second-order valence-electron chi connectivity index (χ2n) is 8.13. The first-order valence-electron chi connectivity index (χ1n) is 10.9. The maximum Gasteiger partial charge on any atom is 0.254 e. The van der Waals surface area contributed by atoms with Crippen molar-refractivity contribution in [2.45, 2.75) is 32.2 Å². The van der Waals surface area contributed by atoms with Gasteiger partial charge < -0.3 is 10.6 Å². The number of rotatable bonds is 9. The zero-order chi connectivity index (χ0) is 22.9. The van der Waals surface area contributed by atoms with Crippen molar-refractivity contribution in [3.8, 4) is 0 Å². The summed E-state index contributed by atoms with van der Waals surface area (Å²) in [5.74, 6) is -1.48. The minimum atomic E-state index is -0.756. The molecule has 0 aliphatic rings. The highest BCUT2D eigenvalue weighted by Gasteiger charge is 2.26. The van der Waals surface area contributed by atoms with Crippen LogP contribution in [0.4, 0.5) is 4.39 Å². The molecule has 0 aliphatic heterocycles. The van der Waals surface area contributed by atoms with E-state index in [2.05, 4.69) is 34.9 Å². The smallest absolute Gasteiger partial charge is 0.254 e. The number of hydrogen-bond donors (Lipinski definition) is 2. The molecule has 0 radical (unpaired) electrons. The first-order chi connectivity index (χ1) is 15.5. The average molecular weight is 433 g/mol. The average Bonchev–Trinajstić information content (AvgIpc) is 2.81. The van der Waals surface area contributed by atoms with Gasteiger partial charge in [-0.15, -0.1) is 0 Å². The Kier molecular flexibility index (Phi) is 8.14. The van der Waals surface area contributed by atoms with Crippen LogP contribution in [-0.2, 0) is 4.79 Å². The van der Waals surface area contributed by atoms with Gasteiger partial charge in [0.2, 0.25) is 5.91 Å². The van der Waals surface area contributed by atoms with Gasteiger partial charge in [0.05, 0.1) is 5.56 Å². The fraction of sp³-hybridized carbons (Fsp3) is 0.259. The summed E-state index contributed by atoms with van der Waals surface area (Å²) in [6.45, 7) is 4.15. The maximum absolute atomic E-state index is 13.9. The summed E-state index contributed by atoms with van der Waals surface area (Å²) < 4.78 is 13.9. The van der Waals surface area contributed by atoms with Crippen molar-refractivity contribution in [2.75, 3.05) is 6.54 Å². The number of benzene rings is 3. The Morgan fingerprint density at radius 1 is 0.812 bits per heavy atom. The van der Waals surface area contributed by atoms with Crippen LogP contribution in [0.1, 0.15) is 47.7 Å². The summed E-state index contributed by atoms with van der Waals surface area (Å²) in [6, 6.07) is 25.4. The SMILES string of the molecule is CC(C)[C@H](NC(=O)c1ccccc1F)C(=O)NCCC(c1ccccc1)c1ccccc1. The van der Waals surface area contributed by atoms with Crippen LogP contribution in [0.5, 0.6) is 0 Å². The van der Waals surface area contributed by atoms with Crippen molar-refractivity contribution in [2.24, 2.45) is 5.92 Å². The predicted octanol–water partition coefficient (Wildman–Crippen LogP) is 4.92. The molecule has 0 aliphatic carbocycles. The molecule has 3 aromatic carbocycles. The predicted molar refractivity (Wildman–Crippen MR) is 125 cm³/mol. The third-order valence-electron chi connectivity index (χ3n) is 5.49. The molecular weight excluding hydrogens is 403 g/mol. The molecule has 0 fully saturated rings. The molecule has 0 saturated carbocycles. The molecule has 1 atom stereocenters. The second-order valence-corrected chi connectivity index (χ2v) is 8.13. The largest absolute Gasteiger partial charge is 0.354 e. The Balaban J connectivity index is 1.65. The molecule has 2 amide bonds. The van der Waals surface area contributed by atoms with E-state index in [1.54, 1.807) is 6.07 Å². The Morgan fingerprint density at radius 2 is 1.34 bits per heavy atom. The molecule has 3 aromatic rings. The molecule has 0 aromatic heterocycles. The molecule has 0 saturated heterocycles. The zero-order valence-corrected chi connectivity index (χ0v) is 18.4. The molecule has 4 nitrogen and oxygen atoms in total. The quantitative estimate of drug-likeness (QED) is 0.504. The third-order valence-corrected chi connectivity index (χ3v) is 5.49. The van der Waals surface area contributed by atoms with Crippen LogP contribution < -0.4 is 10.6 Å². The molecule has 2 N–H and O–H groups in total. The highest BCUT2D eigenvalue weighted by Crippen LogP contribution is 2.27. The van der Waals surface area contributed by atoms with Crippen LogP contribution in [-0.4, -0.2) is 24.4 Å². The lowest BCUT2D eigenvalue weighted by molar-refractivity contribution is -0.123. The number of halogens is 1. The van der Waals surface area contributed by atoms with E-state index in [0.717, 1.165) is 0 Å². The van der Waals surface area contributed by atoms with Crippen LogP contribution in [0.15, 0.2) is 84.9 Å². The molecule has 32 heavy (non-hydrogen) atoms. The van der Waals surface area contributed by atoms with E-state index in [0.29, 0.717) is 13.0 Å². The van der Waals surface area contributed by atoms with Crippen molar-refractivity contribution in [1.29, 1.82) is 0 Å². The molecule has 166 valence electrons. The minimum absolute atomic E-state index is 0.0702. The van der Waals surface area contributed by atoms with Crippen molar-refractivity contribution in [1.82, 2.24) is 10.6 Å². The summed E-state index contributed by atoms with van der Waals surface area (Å²) in [5.41, 5.74) is 2.29. The Hall–Kier alpha value is -3.47. The Morgan fingerprint density at radius 3 is 1.88 bits per heavy atom. The first kappa shape index (κ1) is 23.2. The summed E-state index contributed by atoms with van der Waals surface area (Å²) in [6.07, 6.45) is 0.714. The highest BCUT2D eigenvalue weighted by molar-refractivity contribution is 5.97. The van der Waals surface area contributed by atoms with Crippen molar-refractivity contribution >= 4 is 11.8 Å². The van der Waals surface area contributed by atoms with Crippen LogP contribution >= 0.6 is 0 Å². The third kappa shape index (κ3) is 6.03. The monoisotopic (exact) mass is 432 g/mol. The molecule has 5 heteroatoms. The molecule has 0 unspecified atom stereocenters. The fourth-order valence-corrected chi connectivity index (χ4v) is 3.75. The summed E-state index contributed by atoms with van der Waals surface area (Å²) >= 11 is 0. The number of hydrogen-bond acceptors (Lipinski definition) is 2. The molecular formula is C27H29FN2O2. The van der Waals surface area contributed by atoms with E-state index in [9.17, 15) is 14.0 Å². The van der Waals surface area contributed by atoms with Gasteiger partial charge in [0.15, 0.2) is 0 Å². The lowest BCUT2D eigenvalue weighted by Crippen LogP contribution is -2.50. The number of carbonyl (C=O) groups is 2. The van der Waals surface area contributed by atoms with E-state index >= 15 is 0 Å².